The van der Waals surface area contributed by atoms with E-state index in [-0.39, 0.29) is 11.7 Å². The van der Waals surface area contributed by atoms with Crippen molar-refractivity contribution in [3.8, 4) is 17.0 Å². The van der Waals surface area contributed by atoms with Crippen LogP contribution in [0.25, 0.3) is 11.3 Å². The Labute approximate surface area is 187 Å². The lowest BCUT2D eigenvalue weighted by molar-refractivity contribution is -0.121. The Morgan fingerprint density at radius 3 is 2.84 bits per heavy atom. The molecule has 1 fully saturated rings. The molecule has 7 heteroatoms. The number of carbonyl (C=O) groups excluding carboxylic acids is 1. The number of benzene rings is 2. The van der Waals surface area contributed by atoms with Crippen LogP contribution < -0.4 is 10.1 Å². The number of ether oxygens (including phenoxy) is 1. The third kappa shape index (κ3) is 4.53. The molecule has 0 unspecified atom stereocenters. The summed E-state index contributed by atoms with van der Waals surface area (Å²) in [5.41, 5.74) is 4.51. The van der Waals surface area contributed by atoms with Gasteiger partial charge in [-0.15, -0.1) is 0 Å². The molecule has 0 bridgehead atoms. The Bertz CT molecular complexity index is 1140. The van der Waals surface area contributed by atoms with E-state index in [0.717, 1.165) is 48.4 Å². The molecule has 0 spiro atoms. The van der Waals surface area contributed by atoms with Crippen molar-refractivity contribution >= 4 is 5.91 Å². The molecular formula is C25H27FN4O2. The molecule has 1 aliphatic carbocycles. The number of hydrogen-bond donors (Lipinski definition) is 1. The van der Waals surface area contributed by atoms with E-state index >= 15 is 0 Å². The second-order valence-electron chi connectivity index (χ2n) is 8.67. The maximum atomic E-state index is 14.7. The normalized spacial score (nSPS) is 15.6. The van der Waals surface area contributed by atoms with Crippen molar-refractivity contribution < 1.29 is 13.9 Å². The number of aromatic nitrogens is 2. The van der Waals surface area contributed by atoms with Crippen LogP contribution in [0, 0.1) is 5.82 Å². The molecule has 0 atom stereocenters. The molecule has 1 aliphatic heterocycles. The van der Waals surface area contributed by atoms with E-state index in [0.29, 0.717) is 36.9 Å². The van der Waals surface area contributed by atoms with Crippen LogP contribution >= 0.6 is 0 Å². The minimum absolute atomic E-state index is 0.0363. The first-order chi connectivity index (χ1) is 15.6. The van der Waals surface area contributed by atoms with E-state index in [1.54, 1.807) is 6.07 Å². The molecule has 2 aliphatic rings. The summed E-state index contributed by atoms with van der Waals surface area (Å²) >= 11 is 0. The fourth-order valence-electron chi connectivity index (χ4n) is 4.19. The molecule has 166 valence electrons. The molecule has 2 aromatic carbocycles. The van der Waals surface area contributed by atoms with Crippen LogP contribution in [-0.4, -0.2) is 40.3 Å². The standard InChI is InChI=1S/C25H27FN4O2/c1-29-15-21-23(16-29)28-30(25(21)20-7-2-3-8-22(20)26)14-17-5-4-6-19(13-17)32-12-11-24(31)27-18-9-10-18/h2-8,13,18H,9-12,14-16H2,1H3,(H,27,31). The Morgan fingerprint density at radius 2 is 2.03 bits per heavy atom. The molecule has 1 amide bonds. The number of rotatable bonds is 8. The van der Waals surface area contributed by atoms with Crippen LogP contribution in [0.15, 0.2) is 48.5 Å². The van der Waals surface area contributed by atoms with E-state index in [1.165, 1.54) is 6.07 Å². The second kappa shape index (κ2) is 8.74. The lowest BCUT2D eigenvalue weighted by atomic mass is 10.1. The van der Waals surface area contributed by atoms with Crippen LogP contribution in [0.1, 0.15) is 36.1 Å². The molecule has 3 aromatic rings. The van der Waals surface area contributed by atoms with Crippen LogP contribution in [0.5, 0.6) is 5.75 Å². The molecule has 32 heavy (non-hydrogen) atoms. The fourth-order valence-corrected chi connectivity index (χ4v) is 4.19. The van der Waals surface area contributed by atoms with Crippen LogP contribution in [-0.2, 0) is 24.4 Å². The van der Waals surface area contributed by atoms with E-state index in [9.17, 15) is 9.18 Å². The van der Waals surface area contributed by atoms with Crippen molar-refractivity contribution in [3.05, 3.63) is 71.2 Å². The fraction of sp³-hybridized carbons (Fsp3) is 0.360. The highest BCUT2D eigenvalue weighted by molar-refractivity contribution is 5.76. The highest BCUT2D eigenvalue weighted by atomic mass is 19.1. The number of fused-ring (bicyclic) bond motifs is 1. The van der Waals surface area contributed by atoms with Crippen LogP contribution in [0.2, 0.25) is 0 Å². The molecule has 2 heterocycles. The van der Waals surface area contributed by atoms with Crippen molar-refractivity contribution in [1.82, 2.24) is 20.0 Å². The first-order valence-corrected chi connectivity index (χ1v) is 11.1. The van der Waals surface area contributed by atoms with E-state index in [2.05, 4.69) is 10.2 Å². The van der Waals surface area contributed by atoms with Gasteiger partial charge in [0.25, 0.3) is 0 Å². The van der Waals surface area contributed by atoms with E-state index in [1.807, 2.05) is 48.1 Å². The second-order valence-corrected chi connectivity index (χ2v) is 8.67. The molecular weight excluding hydrogens is 407 g/mol. The molecule has 0 saturated heterocycles. The smallest absolute Gasteiger partial charge is 0.223 e. The lowest BCUT2D eigenvalue weighted by Crippen LogP contribution is -2.26. The zero-order valence-corrected chi connectivity index (χ0v) is 18.2. The van der Waals surface area contributed by atoms with Crippen molar-refractivity contribution in [2.75, 3.05) is 13.7 Å². The molecule has 0 radical (unpaired) electrons. The molecule has 1 saturated carbocycles. The summed E-state index contributed by atoms with van der Waals surface area (Å²) in [6.45, 7) is 2.37. The predicted octanol–water partition coefficient (Wildman–Crippen LogP) is 3.73. The maximum Gasteiger partial charge on any atom is 0.223 e. The summed E-state index contributed by atoms with van der Waals surface area (Å²) in [5.74, 6) is 0.510. The number of nitrogens with one attached hydrogen (secondary N) is 1. The van der Waals surface area contributed by atoms with Gasteiger partial charge in [-0.25, -0.2) is 4.39 Å². The highest BCUT2D eigenvalue weighted by Gasteiger charge is 2.27. The van der Waals surface area contributed by atoms with Gasteiger partial charge in [0.05, 0.1) is 31.0 Å². The van der Waals surface area contributed by atoms with Gasteiger partial charge in [0.15, 0.2) is 0 Å². The van der Waals surface area contributed by atoms with Crippen molar-refractivity contribution in [3.63, 3.8) is 0 Å². The minimum atomic E-state index is -0.243. The minimum Gasteiger partial charge on any atom is -0.493 e. The van der Waals surface area contributed by atoms with Gasteiger partial charge in [0.2, 0.25) is 5.91 Å². The topological polar surface area (TPSA) is 59.4 Å². The lowest BCUT2D eigenvalue weighted by Gasteiger charge is -2.14. The third-order valence-corrected chi connectivity index (χ3v) is 5.88. The number of carbonyl (C=O) groups is 1. The quantitative estimate of drug-likeness (QED) is 0.587. The monoisotopic (exact) mass is 434 g/mol. The van der Waals surface area contributed by atoms with Crippen molar-refractivity contribution in [2.45, 2.75) is 44.9 Å². The number of halogens is 1. The van der Waals surface area contributed by atoms with E-state index in [4.69, 9.17) is 9.84 Å². The molecule has 5 rings (SSSR count). The Kier molecular flexibility index (Phi) is 5.66. The zero-order valence-electron chi connectivity index (χ0n) is 18.2. The summed E-state index contributed by atoms with van der Waals surface area (Å²) in [4.78, 5) is 14.0. The predicted molar refractivity (Wildman–Crippen MR) is 120 cm³/mol. The zero-order chi connectivity index (χ0) is 22.1. The van der Waals surface area contributed by atoms with Gasteiger partial charge < -0.3 is 10.1 Å². The summed E-state index contributed by atoms with van der Waals surface area (Å²) in [6.07, 6.45) is 2.50. The third-order valence-electron chi connectivity index (χ3n) is 5.88. The van der Waals surface area contributed by atoms with Gasteiger partial charge in [-0.2, -0.15) is 5.10 Å². The first-order valence-electron chi connectivity index (χ1n) is 11.1. The summed E-state index contributed by atoms with van der Waals surface area (Å²) < 4.78 is 22.4. The number of nitrogens with zero attached hydrogens (tertiary/aromatic N) is 3. The number of amides is 1. The Hall–Kier alpha value is -3.19. The van der Waals surface area contributed by atoms with Crippen LogP contribution in [0.3, 0.4) is 0 Å². The van der Waals surface area contributed by atoms with E-state index < -0.39 is 0 Å². The van der Waals surface area contributed by atoms with Gasteiger partial charge in [0.1, 0.15) is 11.6 Å². The summed E-state index contributed by atoms with van der Waals surface area (Å²) in [6, 6.07) is 15.0. The average molecular weight is 435 g/mol. The van der Waals surface area contributed by atoms with Crippen LogP contribution in [0.4, 0.5) is 4.39 Å². The molecule has 6 nitrogen and oxygen atoms in total. The number of hydrogen-bond acceptors (Lipinski definition) is 4. The van der Waals surface area contributed by atoms with Crippen molar-refractivity contribution in [1.29, 1.82) is 0 Å². The average Bonchev–Trinajstić information content (AvgIpc) is 3.42. The van der Waals surface area contributed by atoms with Crippen molar-refractivity contribution in [2.24, 2.45) is 0 Å². The first kappa shape index (κ1) is 20.7. The van der Waals surface area contributed by atoms with Gasteiger partial charge in [-0.3, -0.25) is 14.4 Å². The summed E-state index contributed by atoms with van der Waals surface area (Å²) in [5, 5.41) is 7.78. The SMILES string of the molecule is CN1Cc2nn(Cc3cccc(OCCC(=O)NC4CC4)c3)c(-c3ccccc3F)c2C1. The molecule has 1 N–H and O–H groups in total. The van der Waals surface area contributed by atoms with Gasteiger partial charge in [-0.1, -0.05) is 24.3 Å². The maximum absolute atomic E-state index is 14.7. The van der Waals surface area contributed by atoms with Gasteiger partial charge >= 0.3 is 0 Å². The molecule has 1 aromatic heterocycles. The van der Waals surface area contributed by atoms with Gasteiger partial charge in [-0.05, 0) is 49.7 Å². The Morgan fingerprint density at radius 1 is 1.19 bits per heavy atom. The largest absolute Gasteiger partial charge is 0.493 e. The summed E-state index contributed by atoms with van der Waals surface area (Å²) in [7, 11) is 2.04. The highest BCUT2D eigenvalue weighted by Crippen LogP contribution is 2.34. The van der Waals surface area contributed by atoms with Gasteiger partial charge in [0, 0.05) is 30.3 Å². The Balaban J connectivity index is 1.33.